The number of benzene rings is 1. The number of unbranched alkanes of at least 4 members (excludes halogenated alkanes) is 1. The average molecular weight is 262 g/mol. The van der Waals surface area contributed by atoms with Crippen LogP contribution in [0.3, 0.4) is 0 Å². The van der Waals surface area contributed by atoms with Gasteiger partial charge in [-0.15, -0.1) is 0 Å². The summed E-state index contributed by atoms with van der Waals surface area (Å²) in [6.45, 7) is 0. The zero-order chi connectivity index (χ0) is 13.5. The van der Waals surface area contributed by atoms with E-state index in [1.54, 1.807) is 24.3 Å². The molecule has 1 fully saturated rings. The van der Waals surface area contributed by atoms with Crippen LogP contribution in [0, 0.1) is 5.92 Å². The average Bonchev–Trinajstić information content (AvgIpc) is 2.45. The first-order chi connectivity index (χ1) is 9.25. The standard InChI is InChI=1S/C17H26O2/c18-16-12-10-15(11-13-16)17(19)9-5-4-8-14-6-2-1-3-7-14/h10-14,17-19H,1-9H2. The fourth-order valence-electron chi connectivity index (χ4n) is 3.11. The van der Waals surface area contributed by atoms with Gasteiger partial charge in [0, 0.05) is 0 Å². The lowest BCUT2D eigenvalue weighted by molar-refractivity contribution is 0.162. The Labute approximate surface area is 116 Å². The summed E-state index contributed by atoms with van der Waals surface area (Å²) in [5.41, 5.74) is 0.912. The van der Waals surface area contributed by atoms with Gasteiger partial charge in [0.05, 0.1) is 6.10 Å². The molecule has 2 heteroatoms. The number of hydrogen-bond donors (Lipinski definition) is 2. The molecule has 1 saturated carbocycles. The van der Waals surface area contributed by atoms with Crippen LogP contribution in [0.2, 0.25) is 0 Å². The number of hydrogen-bond acceptors (Lipinski definition) is 2. The molecule has 106 valence electrons. The maximum atomic E-state index is 10.1. The molecule has 2 rings (SSSR count). The Hall–Kier alpha value is -1.02. The molecule has 0 bridgehead atoms. The van der Waals surface area contributed by atoms with Crippen molar-refractivity contribution in [1.82, 2.24) is 0 Å². The lowest BCUT2D eigenvalue weighted by Crippen LogP contribution is -2.06. The minimum atomic E-state index is -0.382. The Bertz CT molecular complexity index is 352. The molecule has 1 unspecified atom stereocenters. The van der Waals surface area contributed by atoms with E-state index in [1.165, 1.54) is 44.9 Å². The molecule has 19 heavy (non-hydrogen) atoms. The van der Waals surface area contributed by atoms with E-state index in [-0.39, 0.29) is 11.9 Å². The molecule has 1 aromatic rings. The van der Waals surface area contributed by atoms with Gasteiger partial charge in [-0.1, -0.05) is 63.5 Å². The zero-order valence-electron chi connectivity index (χ0n) is 11.7. The Kier molecular flexibility index (Phi) is 5.71. The van der Waals surface area contributed by atoms with Crippen LogP contribution in [-0.2, 0) is 0 Å². The van der Waals surface area contributed by atoms with Crippen molar-refractivity contribution in [2.75, 3.05) is 0 Å². The first-order valence-electron chi connectivity index (χ1n) is 7.72. The van der Waals surface area contributed by atoms with Gasteiger partial charge in [-0.25, -0.2) is 0 Å². The van der Waals surface area contributed by atoms with Gasteiger partial charge in [-0.2, -0.15) is 0 Å². The molecule has 1 atom stereocenters. The molecule has 0 saturated heterocycles. The van der Waals surface area contributed by atoms with Crippen LogP contribution in [0.5, 0.6) is 5.75 Å². The molecular formula is C17H26O2. The molecule has 0 aliphatic heterocycles. The van der Waals surface area contributed by atoms with Gasteiger partial charge in [-0.05, 0) is 30.0 Å². The van der Waals surface area contributed by atoms with Crippen LogP contribution in [0.1, 0.15) is 69.5 Å². The maximum Gasteiger partial charge on any atom is 0.115 e. The number of aliphatic hydroxyl groups excluding tert-OH is 1. The van der Waals surface area contributed by atoms with Crippen molar-refractivity contribution in [2.45, 2.75) is 63.9 Å². The third kappa shape index (κ3) is 4.87. The first-order valence-corrected chi connectivity index (χ1v) is 7.72. The van der Waals surface area contributed by atoms with Crippen LogP contribution in [-0.4, -0.2) is 10.2 Å². The molecule has 1 aromatic carbocycles. The van der Waals surface area contributed by atoms with Crippen molar-refractivity contribution in [1.29, 1.82) is 0 Å². The first kappa shape index (κ1) is 14.4. The smallest absolute Gasteiger partial charge is 0.115 e. The molecule has 2 N–H and O–H groups in total. The van der Waals surface area contributed by atoms with Crippen LogP contribution in [0.15, 0.2) is 24.3 Å². The summed E-state index contributed by atoms with van der Waals surface area (Å²) < 4.78 is 0. The predicted molar refractivity (Wildman–Crippen MR) is 78.1 cm³/mol. The molecule has 1 aliphatic carbocycles. The van der Waals surface area contributed by atoms with Crippen molar-refractivity contribution in [2.24, 2.45) is 5.92 Å². The molecule has 0 amide bonds. The number of aliphatic hydroxyl groups is 1. The molecule has 0 heterocycles. The summed E-state index contributed by atoms with van der Waals surface area (Å²) in [6.07, 6.45) is 11.2. The van der Waals surface area contributed by atoms with Gasteiger partial charge in [0.25, 0.3) is 0 Å². The Balaban J connectivity index is 1.63. The normalized spacial score (nSPS) is 18.4. The minimum Gasteiger partial charge on any atom is -0.508 e. The Morgan fingerprint density at radius 2 is 1.68 bits per heavy atom. The van der Waals surface area contributed by atoms with E-state index in [0.29, 0.717) is 0 Å². The summed E-state index contributed by atoms with van der Waals surface area (Å²) in [7, 11) is 0. The molecular weight excluding hydrogens is 236 g/mol. The number of aromatic hydroxyl groups is 1. The van der Waals surface area contributed by atoms with Crippen LogP contribution < -0.4 is 0 Å². The third-order valence-electron chi connectivity index (χ3n) is 4.34. The van der Waals surface area contributed by atoms with E-state index < -0.39 is 0 Å². The maximum absolute atomic E-state index is 10.1. The van der Waals surface area contributed by atoms with E-state index in [0.717, 1.165) is 24.3 Å². The van der Waals surface area contributed by atoms with Gasteiger partial charge in [0.1, 0.15) is 5.75 Å². The van der Waals surface area contributed by atoms with Crippen molar-refractivity contribution < 1.29 is 10.2 Å². The Morgan fingerprint density at radius 1 is 1.00 bits per heavy atom. The molecule has 1 aliphatic rings. The van der Waals surface area contributed by atoms with Gasteiger partial charge in [0.15, 0.2) is 0 Å². The largest absolute Gasteiger partial charge is 0.508 e. The fourth-order valence-corrected chi connectivity index (χ4v) is 3.11. The molecule has 0 aromatic heterocycles. The highest BCUT2D eigenvalue weighted by Crippen LogP contribution is 2.29. The summed E-state index contributed by atoms with van der Waals surface area (Å²) in [4.78, 5) is 0. The van der Waals surface area contributed by atoms with E-state index in [1.807, 2.05) is 0 Å². The highest BCUT2D eigenvalue weighted by Gasteiger charge is 2.13. The van der Waals surface area contributed by atoms with Gasteiger partial charge >= 0.3 is 0 Å². The summed E-state index contributed by atoms with van der Waals surface area (Å²) in [5, 5.41) is 19.3. The van der Waals surface area contributed by atoms with E-state index >= 15 is 0 Å². The quantitative estimate of drug-likeness (QED) is 0.737. The molecule has 0 spiro atoms. The number of phenolic OH excluding ortho intramolecular Hbond substituents is 1. The van der Waals surface area contributed by atoms with Crippen LogP contribution in [0.4, 0.5) is 0 Å². The van der Waals surface area contributed by atoms with Gasteiger partial charge in [0.2, 0.25) is 0 Å². The zero-order valence-corrected chi connectivity index (χ0v) is 11.7. The second-order valence-corrected chi connectivity index (χ2v) is 5.90. The van der Waals surface area contributed by atoms with Crippen molar-refractivity contribution in [3.63, 3.8) is 0 Å². The number of phenols is 1. The van der Waals surface area contributed by atoms with Gasteiger partial charge in [-0.3, -0.25) is 0 Å². The van der Waals surface area contributed by atoms with E-state index in [2.05, 4.69) is 0 Å². The van der Waals surface area contributed by atoms with Crippen molar-refractivity contribution in [3.05, 3.63) is 29.8 Å². The topological polar surface area (TPSA) is 40.5 Å². The summed E-state index contributed by atoms with van der Waals surface area (Å²) in [5.74, 6) is 1.20. The third-order valence-corrected chi connectivity index (χ3v) is 4.34. The fraction of sp³-hybridized carbons (Fsp3) is 0.647. The van der Waals surface area contributed by atoms with E-state index in [9.17, 15) is 10.2 Å². The van der Waals surface area contributed by atoms with E-state index in [4.69, 9.17) is 0 Å². The minimum absolute atomic E-state index is 0.258. The SMILES string of the molecule is Oc1ccc(C(O)CCCCC2CCCCC2)cc1. The Morgan fingerprint density at radius 3 is 2.37 bits per heavy atom. The highest BCUT2D eigenvalue weighted by molar-refractivity contribution is 5.27. The summed E-state index contributed by atoms with van der Waals surface area (Å²) >= 11 is 0. The van der Waals surface area contributed by atoms with Crippen molar-refractivity contribution in [3.8, 4) is 5.75 Å². The monoisotopic (exact) mass is 262 g/mol. The second kappa shape index (κ2) is 7.54. The van der Waals surface area contributed by atoms with Crippen molar-refractivity contribution >= 4 is 0 Å². The summed E-state index contributed by atoms with van der Waals surface area (Å²) in [6, 6.07) is 6.89. The highest BCUT2D eigenvalue weighted by atomic mass is 16.3. The second-order valence-electron chi connectivity index (χ2n) is 5.90. The molecule has 2 nitrogen and oxygen atoms in total. The lowest BCUT2D eigenvalue weighted by atomic mass is 9.85. The molecule has 0 radical (unpaired) electrons. The lowest BCUT2D eigenvalue weighted by Gasteiger charge is -2.21. The predicted octanol–water partition coefficient (Wildman–Crippen LogP) is 4.57. The van der Waals surface area contributed by atoms with Crippen LogP contribution >= 0.6 is 0 Å². The van der Waals surface area contributed by atoms with Crippen LogP contribution in [0.25, 0.3) is 0 Å². The van der Waals surface area contributed by atoms with Gasteiger partial charge < -0.3 is 10.2 Å². The number of rotatable bonds is 6.